The number of carboxylic acid groups (broad SMARTS) is 1. The van der Waals surface area contributed by atoms with E-state index in [1.807, 2.05) is 49.6 Å². The predicted molar refractivity (Wildman–Crippen MR) is 140 cm³/mol. The Bertz CT molecular complexity index is 1550. The largest absolute Gasteiger partial charge is 0.481 e. The number of nitrogens with zero attached hydrogens (tertiary/aromatic N) is 4. The van der Waals surface area contributed by atoms with Gasteiger partial charge in [-0.25, -0.2) is 0 Å². The fraction of sp³-hybridized carbons (Fsp3) is 0.259. The van der Waals surface area contributed by atoms with Crippen molar-refractivity contribution in [3.05, 3.63) is 87.3 Å². The molecule has 0 radical (unpaired) electrons. The molecule has 2 aromatic carbocycles. The SMILES string of the molecule is Cc1sc2c(c1C)C(c1ccc(Nc3ccc(C(F)(F)F)cc3)cc1)=N[C@@H](C(C)C(=O)O)c1nnc(C)n1-2. The van der Waals surface area contributed by atoms with E-state index < -0.39 is 29.7 Å². The standard InChI is InChI=1S/C27H24F3N5O2S/c1-13-15(3)38-25-21(13)23(32-22(14(2)26(36)37)24-34-33-16(4)35(24)25)17-5-9-19(10-6-17)31-20-11-7-18(8-12-20)27(28,29)30/h5-12,14,22,31H,1-4H3,(H,36,37)/t14?,22-/m0/s1. The Kier molecular flexibility index (Phi) is 6.34. The highest BCUT2D eigenvalue weighted by atomic mass is 32.1. The van der Waals surface area contributed by atoms with Crippen LogP contribution in [0.4, 0.5) is 24.5 Å². The van der Waals surface area contributed by atoms with Crippen LogP contribution in [0, 0.1) is 26.7 Å². The van der Waals surface area contributed by atoms with Gasteiger partial charge in [0.2, 0.25) is 0 Å². The van der Waals surface area contributed by atoms with Gasteiger partial charge in [-0.15, -0.1) is 21.5 Å². The van der Waals surface area contributed by atoms with Crippen molar-refractivity contribution in [1.29, 1.82) is 0 Å². The zero-order valence-electron chi connectivity index (χ0n) is 21.0. The van der Waals surface area contributed by atoms with Crippen LogP contribution in [-0.4, -0.2) is 31.6 Å². The number of halogens is 3. The third kappa shape index (κ3) is 4.47. The molecular formula is C27H24F3N5O2S. The number of hydrogen-bond acceptors (Lipinski definition) is 6. The first-order valence-corrected chi connectivity index (χ1v) is 12.7. The number of thiophene rings is 1. The highest BCUT2D eigenvalue weighted by Gasteiger charge is 2.36. The second-order valence-corrected chi connectivity index (χ2v) is 10.4. The van der Waals surface area contributed by atoms with Crippen molar-refractivity contribution < 1.29 is 23.1 Å². The summed E-state index contributed by atoms with van der Waals surface area (Å²) in [4.78, 5) is 18.1. The van der Waals surface area contributed by atoms with E-state index in [-0.39, 0.29) is 0 Å². The van der Waals surface area contributed by atoms with Crippen molar-refractivity contribution in [2.24, 2.45) is 10.9 Å². The topological polar surface area (TPSA) is 92.4 Å². The maximum atomic E-state index is 12.9. The van der Waals surface area contributed by atoms with Crippen LogP contribution in [0.15, 0.2) is 53.5 Å². The summed E-state index contributed by atoms with van der Waals surface area (Å²) in [6.45, 7) is 7.48. The quantitative estimate of drug-likeness (QED) is 0.297. The summed E-state index contributed by atoms with van der Waals surface area (Å²) in [5.74, 6) is -0.698. The number of aliphatic carboxylic acids is 1. The number of anilines is 2. The molecule has 3 heterocycles. The first-order chi connectivity index (χ1) is 18.0. The van der Waals surface area contributed by atoms with Gasteiger partial charge in [0.15, 0.2) is 5.82 Å². The van der Waals surface area contributed by atoms with Crippen molar-refractivity contribution in [3.8, 4) is 5.00 Å². The minimum absolute atomic E-state index is 0.482. The minimum atomic E-state index is -4.39. The predicted octanol–water partition coefficient (Wildman–Crippen LogP) is 6.63. The number of hydrogen-bond donors (Lipinski definition) is 2. The average molecular weight is 540 g/mol. The number of aliphatic imine (C=N–C) groups is 1. The second kappa shape index (κ2) is 9.39. The molecule has 0 bridgehead atoms. The highest BCUT2D eigenvalue weighted by molar-refractivity contribution is 7.15. The van der Waals surface area contributed by atoms with Crippen LogP contribution in [0.1, 0.15) is 51.7 Å². The number of rotatable bonds is 5. The van der Waals surface area contributed by atoms with Crippen molar-refractivity contribution in [3.63, 3.8) is 0 Å². The summed E-state index contributed by atoms with van der Waals surface area (Å²) in [5.41, 5.74) is 3.88. The van der Waals surface area contributed by atoms with E-state index in [2.05, 4.69) is 15.5 Å². The molecule has 0 amide bonds. The second-order valence-electron chi connectivity index (χ2n) is 9.23. The average Bonchev–Trinajstić information content (AvgIpc) is 3.33. The minimum Gasteiger partial charge on any atom is -0.481 e. The molecule has 5 rings (SSSR count). The number of aromatic nitrogens is 3. The lowest BCUT2D eigenvalue weighted by Gasteiger charge is -2.16. The van der Waals surface area contributed by atoms with Gasteiger partial charge in [-0.1, -0.05) is 12.1 Å². The van der Waals surface area contributed by atoms with E-state index in [4.69, 9.17) is 4.99 Å². The first-order valence-electron chi connectivity index (χ1n) is 11.8. The van der Waals surface area contributed by atoms with Crippen molar-refractivity contribution >= 4 is 34.4 Å². The van der Waals surface area contributed by atoms with E-state index in [9.17, 15) is 23.1 Å². The normalized spacial score (nSPS) is 15.8. The smallest absolute Gasteiger partial charge is 0.416 e. The van der Waals surface area contributed by atoms with Crippen molar-refractivity contribution in [1.82, 2.24) is 14.8 Å². The van der Waals surface area contributed by atoms with Gasteiger partial charge in [-0.05, 0) is 69.7 Å². The highest BCUT2D eigenvalue weighted by Crippen LogP contribution is 2.40. The Morgan fingerprint density at radius 2 is 1.63 bits per heavy atom. The summed E-state index contributed by atoms with van der Waals surface area (Å²) in [6, 6.07) is 11.4. The summed E-state index contributed by atoms with van der Waals surface area (Å²) in [5, 5.41) is 22.4. The fourth-order valence-electron chi connectivity index (χ4n) is 4.44. The molecule has 2 aromatic heterocycles. The molecule has 196 valence electrons. The molecule has 38 heavy (non-hydrogen) atoms. The van der Waals surface area contributed by atoms with E-state index in [1.54, 1.807) is 18.3 Å². The molecule has 1 unspecified atom stereocenters. The Morgan fingerprint density at radius 1 is 1.03 bits per heavy atom. The Hall–Kier alpha value is -3.99. The van der Waals surface area contributed by atoms with Gasteiger partial charge in [0.05, 0.1) is 17.2 Å². The lowest BCUT2D eigenvalue weighted by atomic mass is 9.98. The summed E-state index contributed by atoms with van der Waals surface area (Å²) in [6.07, 6.45) is -4.39. The number of carbonyl (C=O) groups is 1. The summed E-state index contributed by atoms with van der Waals surface area (Å²) >= 11 is 1.58. The molecule has 0 spiro atoms. The molecule has 1 aliphatic rings. The maximum Gasteiger partial charge on any atom is 0.416 e. The van der Waals surface area contributed by atoms with Crippen molar-refractivity contribution in [2.75, 3.05) is 5.32 Å². The lowest BCUT2D eigenvalue weighted by Crippen LogP contribution is -2.21. The molecule has 0 saturated heterocycles. The van der Waals surface area contributed by atoms with Crippen LogP contribution < -0.4 is 5.32 Å². The van der Waals surface area contributed by atoms with Gasteiger partial charge in [0.25, 0.3) is 0 Å². The van der Waals surface area contributed by atoms with Gasteiger partial charge >= 0.3 is 12.1 Å². The molecule has 11 heteroatoms. The Labute approximate surface area is 220 Å². The van der Waals surface area contributed by atoms with Crippen LogP contribution in [0.3, 0.4) is 0 Å². The number of aryl methyl sites for hydroxylation is 2. The van der Waals surface area contributed by atoms with E-state index >= 15 is 0 Å². The van der Waals surface area contributed by atoms with Gasteiger partial charge in [-0.2, -0.15) is 13.2 Å². The molecular weight excluding hydrogens is 515 g/mol. The van der Waals surface area contributed by atoms with E-state index in [1.165, 1.54) is 12.1 Å². The van der Waals surface area contributed by atoms with E-state index in [0.717, 1.165) is 38.7 Å². The van der Waals surface area contributed by atoms with E-state index in [0.29, 0.717) is 28.7 Å². The molecule has 2 atom stereocenters. The summed E-state index contributed by atoms with van der Waals surface area (Å²) < 4.78 is 40.5. The number of fused-ring (bicyclic) bond motifs is 3. The fourth-order valence-corrected chi connectivity index (χ4v) is 5.65. The Balaban J connectivity index is 1.56. The zero-order chi connectivity index (χ0) is 27.4. The van der Waals surface area contributed by atoms with Crippen LogP contribution >= 0.6 is 11.3 Å². The van der Waals surface area contributed by atoms with Crippen molar-refractivity contribution in [2.45, 2.75) is 39.9 Å². The summed E-state index contributed by atoms with van der Waals surface area (Å²) in [7, 11) is 0. The molecule has 7 nitrogen and oxygen atoms in total. The number of benzene rings is 2. The molecule has 1 aliphatic heterocycles. The molecule has 4 aromatic rings. The molecule has 0 saturated carbocycles. The van der Waals surface area contributed by atoms with Gasteiger partial charge in [0, 0.05) is 27.4 Å². The zero-order valence-corrected chi connectivity index (χ0v) is 21.8. The lowest BCUT2D eigenvalue weighted by molar-refractivity contribution is -0.142. The third-order valence-electron chi connectivity index (χ3n) is 6.71. The van der Waals surface area contributed by atoms with Gasteiger partial charge in [-0.3, -0.25) is 14.4 Å². The monoisotopic (exact) mass is 539 g/mol. The first kappa shape index (κ1) is 25.7. The van der Waals surface area contributed by atoms with Gasteiger partial charge < -0.3 is 10.4 Å². The van der Waals surface area contributed by atoms with Crippen LogP contribution in [0.2, 0.25) is 0 Å². The van der Waals surface area contributed by atoms with Crippen LogP contribution in [-0.2, 0) is 11.0 Å². The molecule has 0 fully saturated rings. The van der Waals surface area contributed by atoms with Gasteiger partial charge in [0.1, 0.15) is 16.9 Å². The number of carboxylic acids is 1. The molecule has 0 aliphatic carbocycles. The maximum absolute atomic E-state index is 12.9. The molecule has 2 N–H and O–H groups in total. The van der Waals surface area contributed by atoms with Crippen LogP contribution in [0.25, 0.3) is 5.00 Å². The third-order valence-corrected chi connectivity index (χ3v) is 7.90. The number of alkyl halides is 3. The number of nitrogens with one attached hydrogen (secondary N) is 1. The Morgan fingerprint density at radius 3 is 2.21 bits per heavy atom. The van der Waals surface area contributed by atoms with Crippen LogP contribution in [0.5, 0.6) is 0 Å².